The number of benzene rings is 7. The van der Waals surface area contributed by atoms with E-state index in [9.17, 15) is 8.22 Å². The van der Waals surface area contributed by atoms with Crippen LogP contribution in [0.25, 0.3) is 77.2 Å². The molecule has 0 aliphatic rings. The second-order valence-corrected chi connectivity index (χ2v) is 10.6. The average Bonchev–Trinajstić information content (AvgIpc) is 3.74. The first-order chi connectivity index (χ1) is 26.0. The zero-order valence-corrected chi connectivity index (χ0v) is 23.3. The van der Waals surface area contributed by atoms with Crippen LogP contribution in [0.2, 0.25) is 0 Å². The van der Waals surface area contributed by atoms with Crippen LogP contribution in [0.5, 0.6) is 0 Å². The van der Waals surface area contributed by atoms with Crippen molar-refractivity contribution in [2.24, 2.45) is 0 Å². The number of para-hydroxylation sites is 3. The van der Waals surface area contributed by atoms with E-state index in [2.05, 4.69) is 0 Å². The molecular weight excluding hydrogens is 532 g/mol. The fourth-order valence-electron chi connectivity index (χ4n) is 6.07. The lowest BCUT2D eigenvalue weighted by Gasteiger charge is -2.09. The van der Waals surface area contributed by atoms with E-state index >= 15 is 0 Å². The third kappa shape index (κ3) is 3.82. The monoisotopic (exact) mass is 570 g/mol. The Morgan fingerprint density at radius 1 is 0.364 bits per heavy atom. The van der Waals surface area contributed by atoms with Gasteiger partial charge in [0.25, 0.3) is 0 Å². The maximum Gasteiger partial charge on any atom is 0.0645 e. The molecule has 0 fully saturated rings. The summed E-state index contributed by atoms with van der Waals surface area (Å²) in [5, 5.41) is 0.982. The summed E-state index contributed by atoms with van der Waals surface area (Å²) >= 11 is 0. The largest absolute Gasteiger partial charge is 0.309 e. The van der Waals surface area contributed by atoms with E-state index in [4.69, 9.17) is 5.48 Å². The second kappa shape index (κ2) is 9.86. The molecule has 0 saturated heterocycles. The van der Waals surface area contributed by atoms with Crippen molar-refractivity contribution in [3.63, 3.8) is 0 Å². The Morgan fingerprint density at radius 2 is 0.886 bits per heavy atom. The van der Waals surface area contributed by atoms with Gasteiger partial charge >= 0.3 is 0 Å². The number of nitrogens with zero attached hydrogens (tertiary/aromatic N) is 2. The van der Waals surface area contributed by atoms with Gasteiger partial charge in [-0.1, -0.05) is 103 Å². The van der Waals surface area contributed by atoms with Crippen molar-refractivity contribution in [3.8, 4) is 33.6 Å². The first-order valence-electron chi connectivity index (χ1n) is 19.3. The molecule has 9 rings (SSSR count). The van der Waals surface area contributed by atoms with Crippen LogP contribution in [0.15, 0.2) is 170 Å². The van der Waals surface area contributed by atoms with Gasteiger partial charge in [0, 0.05) is 32.9 Å². The van der Waals surface area contributed by atoms with Crippen molar-refractivity contribution in [2.45, 2.75) is 0 Å². The van der Waals surface area contributed by atoms with Crippen molar-refractivity contribution >= 4 is 43.6 Å². The summed E-state index contributed by atoms with van der Waals surface area (Å²) in [6, 6.07) is 30.0. The minimum absolute atomic E-state index is 0.000332. The number of hydrogen-bond donors (Lipinski definition) is 0. The predicted octanol–water partition coefficient (Wildman–Crippen LogP) is 11.2. The molecule has 9 aromatic rings. The van der Waals surface area contributed by atoms with Gasteiger partial charge in [0.15, 0.2) is 0 Å². The van der Waals surface area contributed by atoms with Crippen molar-refractivity contribution < 1.29 is 13.7 Å². The van der Waals surface area contributed by atoms with E-state index in [1.165, 1.54) is 4.57 Å². The summed E-state index contributed by atoms with van der Waals surface area (Å²) in [5.74, 6) is 0. The Bertz CT molecular complexity index is 3030. The molecule has 0 atom stereocenters. The molecule has 0 aliphatic carbocycles. The van der Waals surface area contributed by atoms with Gasteiger partial charge < -0.3 is 9.13 Å². The molecule has 0 spiro atoms. The maximum atomic E-state index is 9.79. The lowest BCUT2D eigenvalue weighted by atomic mass is 9.99. The van der Waals surface area contributed by atoms with Crippen LogP contribution in [0.3, 0.4) is 0 Å². The molecule has 2 heterocycles. The Labute approximate surface area is 269 Å². The lowest BCUT2D eigenvalue weighted by Crippen LogP contribution is -1.93. The molecule has 0 saturated carbocycles. The summed E-state index contributed by atoms with van der Waals surface area (Å²) in [5.41, 5.74) is 3.74. The van der Waals surface area contributed by atoms with E-state index in [-0.39, 0.29) is 63.1 Å². The van der Waals surface area contributed by atoms with Crippen LogP contribution in [0.4, 0.5) is 0 Å². The van der Waals surface area contributed by atoms with Crippen LogP contribution in [0, 0.1) is 0 Å². The quantitative estimate of drug-likeness (QED) is 0.199. The van der Waals surface area contributed by atoms with Gasteiger partial charge in [-0.15, -0.1) is 0 Å². The smallest absolute Gasteiger partial charge is 0.0645 e. The van der Waals surface area contributed by atoms with Crippen LogP contribution < -0.4 is 0 Å². The van der Waals surface area contributed by atoms with E-state index in [1.54, 1.807) is 30.3 Å². The number of aromatic nitrogens is 2. The normalized spacial score (nSPS) is 14.8. The zero-order valence-electron chi connectivity index (χ0n) is 33.3. The maximum absolute atomic E-state index is 9.79. The van der Waals surface area contributed by atoms with Crippen molar-refractivity contribution in [1.82, 2.24) is 9.13 Å². The molecule has 7 aromatic carbocycles. The second-order valence-electron chi connectivity index (χ2n) is 10.6. The van der Waals surface area contributed by atoms with Gasteiger partial charge in [-0.05, 0) is 88.9 Å². The Hall–Kier alpha value is -5.86. The molecule has 206 valence electrons. The van der Waals surface area contributed by atoms with Crippen LogP contribution in [-0.2, 0) is 0 Å². The van der Waals surface area contributed by atoms with Crippen LogP contribution in [-0.4, -0.2) is 9.13 Å². The summed E-state index contributed by atoms with van der Waals surface area (Å²) in [6.45, 7) is 0. The molecular formula is C42H28N2. The molecule has 0 unspecified atom stereocenters. The molecule has 0 radical (unpaired) electrons. The highest BCUT2D eigenvalue weighted by Gasteiger charge is 2.16. The minimum atomic E-state index is -0.512. The van der Waals surface area contributed by atoms with Crippen molar-refractivity contribution in [3.05, 3.63) is 170 Å². The summed E-state index contributed by atoms with van der Waals surface area (Å²) in [6.07, 6.45) is 0. The first kappa shape index (κ1) is 16.7. The third-order valence-electron chi connectivity index (χ3n) is 8.07. The molecule has 0 aliphatic heterocycles. The summed E-state index contributed by atoms with van der Waals surface area (Å²) < 4.78 is 95.3. The first-order valence-corrected chi connectivity index (χ1v) is 14.3. The molecule has 0 N–H and O–H groups in total. The van der Waals surface area contributed by atoms with E-state index in [1.807, 2.05) is 83.4 Å². The molecule has 0 bridgehead atoms. The van der Waals surface area contributed by atoms with E-state index < -0.39 is 30.2 Å². The Morgan fingerprint density at radius 3 is 1.52 bits per heavy atom. The van der Waals surface area contributed by atoms with Gasteiger partial charge in [0.1, 0.15) is 0 Å². The summed E-state index contributed by atoms with van der Waals surface area (Å²) in [7, 11) is 0. The predicted molar refractivity (Wildman–Crippen MR) is 186 cm³/mol. The van der Waals surface area contributed by atoms with Gasteiger partial charge in [-0.25, -0.2) is 0 Å². The van der Waals surface area contributed by atoms with Crippen LogP contribution in [0.1, 0.15) is 13.7 Å². The number of rotatable bonds is 4. The highest BCUT2D eigenvalue weighted by atomic mass is 15.0. The van der Waals surface area contributed by atoms with Crippen molar-refractivity contribution in [1.29, 1.82) is 0 Å². The zero-order chi connectivity index (χ0) is 37.7. The lowest BCUT2D eigenvalue weighted by molar-refractivity contribution is 1.18. The highest BCUT2D eigenvalue weighted by Crippen LogP contribution is 2.39. The van der Waals surface area contributed by atoms with Gasteiger partial charge in [0.2, 0.25) is 0 Å². The van der Waals surface area contributed by atoms with Gasteiger partial charge in [-0.3, -0.25) is 0 Å². The van der Waals surface area contributed by atoms with E-state index in [0.717, 1.165) is 16.8 Å². The van der Waals surface area contributed by atoms with Crippen LogP contribution >= 0.6 is 0 Å². The number of fused-ring (bicyclic) bond motifs is 6. The molecule has 2 heteroatoms. The van der Waals surface area contributed by atoms with E-state index in [0.29, 0.717) is 27.5 Å². The van der Waals surface area contributed by atoms with Gasteiger partial charge in [0.05, 0.1) is 35.8 Å². The third-order valence-corrected chi connectivity index (χ3v) is 8.07. The fraction of sp³-hybridized carbons (Fsp3) is 0. The Balaban J connectivity index is 1.46. The SMILES string of the molecule is [2H]c1c([2H])c([2H])c2c(c1[2H])c1c([2H])c(-c3c([2H])c([2H])c4c(c3[2H])c3cc(-c5ccccc5)ccc3n4-c3ccccc3)c([2H])c([2H])c1n2-c1ccccc1. The Kier molecular flexibility index (Phi) is 3.74. The molecule has 2 nitrogen and oxygen atoms in total. The van der Waals surface area contributed by atoms with Gasteiger partial charge in [-0.2, -0.15) is 0 Å². The average molecular weight is 571 g/mol. The molecule has 2 aromatic heterocycles. The highest BCUT2D eigenvalue weighted by molar-refractivity contribution is 6.13. The fourth-order valence-corrected chi connectivity index (χ4v) is 6.07. The standard InChI is InChI=1S/C42H28N2/c1-4-12-29(13-5-1)30-20-23-41-37(26-30)38-28-32(22-25-42(38)44(41)34-16-8-3-9-17-34)31-21-24-40-36(27-31)35-18-10-11-19-39(35)43(40)33-14-6-2-7-15-33/h1-28H/i10D,11D,18D,19D,21D,22D,24D,25D,27D,28D. The molecule has 44 heavy (non-hydrogen) atoms. The number of hydrogen-bond acceptors (Lipinski definition) is 0. The summed E-state index contributed by atoms with van der Waals surface area (Å²) in [4.78, 5) is 0. The van der Waals surface area contributed by atoms with Crippen molar-refractivity contribution in [2.75, 3.05) is 0 Å². The topological polar surface area (TPSA) is 9.86 Å². The minimum Gasteiger partial charge on any atom is -0.309 e. The molecule has 0 amide bonds.